The number of hydrogen-bond donors (Lipinski definition) is 1. The molecule has 0 saturated heterocycles. The lowest BCUT2D eigenvalue weighted by Crippen LogP contribution is -2.06. The highest BCUT2D eigenvalue weighted by Crippen LogP contribution is 2.41. The van der Waals surface area contributed by atoms with Gasteiger partial charge in [-0.25, -0.2) is 4.98 Å². The van der Waals surface area contributed by atoms with Crippen LogP contribution < -0.4 is 4.74 Å². The molecular weight excluding hydrogens is 483 g/mol. The number of fused-ring (bicyclic) bond motifs is 1. The molecule has 1 N–H and O–H groups in total. The zero-order chi connectivity index (χ0) is 24.6. The quantitative estimate of drug-likeness (QED) is 0.277. The first-order valence-corrected chi connectivity index (χ1v) is 12.3. The van der Waals surface area contributed by atoms with E-state index < -0.39 is 17.7 Å². The van der Waals surface area contributed by atoms with Crippen molar-refractivity contribution in [1.29, 1.82) is 0 Å². The molecule has 2 heterocycles. The lowest BCUT2D eigenvalue weighted by Gasteiger charge is -2.17. The van der Waals surface area contributed by atoms with Crippen LogP contribution in [0.5, 0.6) is 5.75 Å². The Balaban J connectivity index is 1.68. The van der Waals surface area contributed by atoms with E-state index in [1.165, 1.54) is 34.8 Å². The Morgan fingerprint density at radius 3 is 2.44 bits per heavy atom. The number of rotatable bonds is 7. The van der Waals surface area contributed by atoms with Crippen LogP contribution in [0.1, 0.15) is 54.5 Å². The molecule has 0 bridgehead atoms. The first-order chi connectivity index (χ1) is 16.0. The molecule has 0 amide bonds. The van der Waals surface area contributed by atoms with E-state index in [-0.39, 0.29) is 18.4 Å². The second-order valence-corrected chi connectivity index (χ2v) is 10.2. The van der Waals surface area contributed by atoms with Gasteiger partial charge < -0.3 is 9.84 Å². The Kier molecular flexibility index (Phi) is 6.69. The van der Waals surface area contributed by atoms with Gasteiger partial charge in [-0.3, -0.25) is 4.79 Å². The highest BCUT2D eigenvalue weighted by molar-refractivity contribution is 7.17. The fraction of sp³-hybridized carbons (Fsp3) is 0.280. The van der Waals surface area contributed by atoms with Gasteiger partial charge in [0.15, 0.2) is 0 Å². The summed E-state index contributed by atoms with van der Waals surface area (Å²) in [5, 5.41) is 12.5. The van der Waals surface area contributed by atoms with Crippen LogP contribution in [-0.2, 0) is 17.4 Å². The number of carboxylic acids is 1. The summed E-state index contributed by atoms with van der Waals surface area (Å²) in [6, 6.07) is 10.6. The van der Waals surface area contributed by atoms with Gasteiger partial charge >= 0.3 is 12.1 Å². The Morgan fingerprint density at radius 2 is 1.82 bits per heavy atom. The summed E-state index contributed by atoms with van der Waals surface area (Å²) in [6.45, 7) is 5.91. The minimum absolute atomic E-state index is 0.0833. The van der Waals surface area contributed by atoms with Crippen molar-refractivity contribution in [3.63, 3.8) is 0 Å². The number of carboxylic acid groups (broad SMARTS) is 1. The minimum atomic E-state index is -4.39. The molecule has 4 aromatic rings. The standard InChI is InChI=1S/C25H22F3NO3S2/c1-13(2)22-23(34-24(29-22)15-7-9-17(10-8-15)25(26,27)28)14(3)32-18-5-4-6-19-21(18)16(12-33-19)11-20(30)31/h4-10,12-14H,11H2,1-3H3,(H,30,31). The minimum Gasteiger partial charge on any atom is -0.484 e. The molecule has 0 saturated carbocycles. The van der Waals surface area contributed by atoms with Crippen molar-refractivity contribution in [3.8, 4) is 16.3 Å². The van der Waals surface area contributed by atoms with Gasteiger partial charge in [-0.05, 0) is 48.1 Å². The molecule has 2 aromatic carbocycles. The molecule has 9 heteroatoms. The maximum absolute atomic E-state index is 12.9. The normalized spacial score (nSPS) is 12.9. The summed E-state index contributed by atoms with van der Waals surface area (Å²) in [4.78, 5) is 16.9. The number of alkyl halides is 3. The lowest BCUT2D eigenvalue weighted by molar-refractivity contribution is -0.138. The van der Waals surface area contributed by atoms with Crippen molar-refractivity contribution in [2.24, 2.45) is 0 Å². The molecule has 2 aromatic heterocycles. The second kappa shape index (κ2) is 9.38. The zero-order valence-corrected chi connectivity index (χ0v) is 20.3. The number of thiazole rings is 1. The molecule has 0 aliphatic rings. The van der Waals surface area contributed by atoms with Crippen LogP contribution >= 0.6 is 22.7 Å². The van der Waals surface area contributed by atoms with E-state index in [1.807, 2.05) is 44.4 Å². The van der Waals surface area contributed by atoms with Crippen LogP contribution in [0.15, 0.2) is 47.8 Å². The highest BCUT2D eigenvalue weighted by atomic mass is 32.1. The van der Waals surface area contributed by atoms with Gasteiger partial charge in [-0.2, -0.15) is 13.2 Å². The topological polar surface area (TPSA) is 59.4 Å². The Bertz CT molecular complexity index is 1320. The average molecular weight is 506 g/mol. The van der Waals surface area contributed by atoms with E-state index in [0.717, 1.165) is 32.8 Å². The Morgan fingerprint density at radius 1 is 1.12 bits per heavy atom. The molecule has 0 aliphatic carbocycles. The number of aromatic nitrogens is 1. The summed E-state index contributed by atoms with van der Waals surface area (Å²) in [6.07, 6.45) is -4.87. The van der Waals surface area contributed by atoms with Crippen LogP contribution in [0.3, 0.4) is 0 Å². The molecule has 1 unspecified atom stereocenters. The number of benzene rings is 2. The molecule has 0 fully saturated rings. The molecular formula is C25H22F3NO3S2. The molecule has 4 nitrogen and oxygen atoms in total. The second-order valence-electron chi connectivity index (χ2n) is 8.22. The zero-order valence-electron chi connectivity index (χ0n) is 18.6. The molecule has 1 atom stereocenters. The molecule has 0 radical (unpaired) electrons. The summed E-state index contributed by atoms with van der Waals surface area (Å²) in [7, 11) is 0. The van der Waals surface area contributed by atoms with Crippen molar-refractivity contribution < 1.29 is 27.8 Å². The maximum Gasteiger partial charge on any atom is 0.416 e. The SMILES string of the molecule is CC(C)c1nc(-c2ccc(C(F)(F)F)cc2)sc1C(C)Oc1cccc2scc(CC(=O)O)c12. The Hall–Kier alpha value is -2.91. The van der Waals surface area contributed by atoms with Gasteiger partial charge in [-0.1, -0.05) is 32.0 Å². The monoisotopic (exact) mass is 505 g/mol. The third-order valence-corrected chi connectivity index (χ3v) is 7.62. The molecule has 0 aliphatic heterocycles. The van der Waals surface area contributed by atoms with E-state index >= 15 is 0 Å². The van der Waals surface area contributed by atoms with Crippen molar-refractivity contribution in [2.75, 3.05) is 0 Å². The van der Waals surface area contributed by atoms with Crippen molar-refractivity contribution in [2.45, 2.75) is 45.4 Å². The number of nitrogens with zero attached hydrogens (tertiary/aromatic N) is 1. The maximum atomic E-state index is 12.9. The van der Waals surface area contributed by atoms with Gasteiger partial charge in [0.05, 0.1) is 22.6 Å². The van der Waals surface area contributed by atoms with Crippen molar-refractivity contribution in [1.82, 2.24) is 4.98 Å². The fourth-order valence-corrected chi connectivity index (χ4v) is 5.91. The van der Waals surface area contributed by atoms with E-state index in [9.17, 15) is 23.1 Å². The van der Waals surface area contributed by atoms with E-state index in [0.29, 0.717) is 21.9 Å². The smallest absolute Gasteiger partial charge is 0.416 e. The predicted molar refractivity (Wildman–Crippen MR) is 129 cm³/mol. The number of hydrogen-bond acceptors (Lipinski definition) is 5. The van der Waals surface area contributed by atoms with Gasteiger partial charge in [0.25, 0.3) is 0 Å². The number of thiophene rings is 1. The van der Waals surface area contributed by atoms with Crippen LogP contribution in [0.2, 0.25) is 0 Å². The van der Waals surface area contributed by atoms with Gasteiger partial charge in [0.2, 0.25) is 0 Å². The molecule has 0 spiro atoms. The number of aliphatic carboxylic acids is 1. The summed E-state index contributed by atoms with van der Waals surface area (Å²) >= 11 is 2.87. The van der Waals surface area contributed by atoms with Gasteiger partial charge in [0.1, 0.15) is 16.9 Å². The fourth-order valence-electron chi connectivity index (χ4n) is 3.73. The molecule has 178 valence electrons. The predicted octanol–water partition coefficient (Wildman–Crippen LogP) is 7.93. The van der Waals surface area contributed by atoms with Crippen LogP contribution in [0, 0.1) is 0 Å². The van der Waals surface area contributed by atoms with Gasteiger partial charge in [0, 0.05) is 15.6 Å². The molecule has 4 rings (SSSR count). The van der Waals surface area contributed by atoms with E-state index in [1.54, 1.807) is 0 Å². The number of ether oxygens (including phenoxy) is 1. The van der Waals surface area contributed by atoms with Crippen molar-refractivity contribution in [3.05, 3.63) is 69.5 Å². The van der Waals surface area contributed by atoms with Crippen LogP contribution in [0.25, 0.3) is 20.7 Å². The summed E-state index contributed by atoms with van der Waals surface area (Å²) < 4.78 is 46.1. The first-order valence-electron chi connectivity index (χ1n) is 10.6. The van der Waals surface area contributed by atoms with Gasteiger partial charge in [-0.15, -0.1) is 22.7 Å². The third-order valence-electron chi connectivity index (χ3n) is 5.34. The van der Waals surface area contributed by atoms with Crippen LogP contribution in [0.4, 0.5) is 13.2 Å². The first kappa shape index (κ1) is 24.2. The summed E-state index contributed by atoms with van der Waals surface area (Å²) in [5.41, 5.74) is 1.45. The van der Waals surface area contributed by atoms with Crippen molar-refractivity contribution >= 4 is 38.7 Å². The highest BCUT2D eigenvalue weighted by Gasteiger charge is 2.30. The number of halogens is 3. The Labute approximate surface area is 202 Å². The van der Waals surface area contributed by atoms with E-state index in [4.69, 9.17) is 9.72 Å². The average Bonchev–Trinajstić information content (AvgIpc) is 3.39. The largest absolute Gasteiger partial charge is 0.484 e. The van der Waals surface area contributed by atoms with Crippen LogP contribution in [-0.4, -0.2) is 16.1 Å². The summed E-state index contributed by atoms with van der Waals surface area (Å²) in [5.74, 6) is -0.227. The van der Waals surface area contributed by atoms with E-state index in [2.05, 4.69) is 0 Å². The number of carbonyl (C=O) groups is 1. The third kappa shape index (κ3) is 4.95. The molecule has 34 heavy (non-hydrogen) atoms. The lowest BCUT2D eigenvalue weighted by atomic mass is 10.1.